The maximum absolute atomic E-state index is 9.03. The first-order chi connectivity index (χ1) is 14.6. The van der Waals surface area contributed by atoms with Crippen molar-refractivity contribution in [1.82, 2.24) is 0 Å². The second kappa shape index (κ2) is 19.2. The Morgan fingerprint density at radius 1 is 0.774 bits per heavy atom. The van der Waals surface area contributed by atoms with Crippen LogP contribution in [0.2, 0.25) is 0 Å². The van der Waals surface area contributed by atoms with Crippen molar-refractivity contribution < 1.29 is 20.1 Å². The summed E-state index contributed by atoms with van der Waals surface area (Å²) in [6, 6.07) is 0.292. The van der Waals surface area contributed by atoms with E-state index in [0.29, 0.717) is 6.04 Å². The van der Waals surface area contributed by atoms with Gasteiger partial charge in [0.05, 0.1) is 18.8 Å². The SMILES string of the molecule is C1CCCC1.C1CCOCC1.CC(C)(N)CO.CC1CCC(O)CC1.NC1CC(O)C1. The number of hydrogen-bond donors (Lipinski definition) is 5. The van der Waals surface area contributed by atoms with Gasteiger partial charge in [-0.2, -0.15) is 0 Å². The smallest absolute Gasteiger partial charge is 0.0605 e. The van der Waals surface area contributed by atoms with Gasteiger partial charge in [-0.3, -0.25) is 0 Å². The minimum Gasteiger partial charge on any atom is -0.394 e. The van der Waals surface area contributed by atoms with E-state index in [9.17, 15) is 0 Å². The highest BCUT2D eigenvalue weighted by Gasteiger charge is 2.22. The van der Waals surface area contributed by atoms with Crippen LogP contribution in [0, 0.1) is 5.92 Å². The van der Waals surface area contributed by atoms with Crippen molar-refractivity contribution in [2.45, 2.75) is 134 Å². The van der Waals surface area contributed by atoms with Gasteiger partial charge >= 0.3 is 0 Å². The average molecular weight is 447 g/mol. The second-order valence-corrected chi connectivity index (χ2v) is 10.4. The topological polar surface area (TPSA) is 122 Å². The Balaban J connectivity index is 0.000000366. The summed E-state index contributed by atoms with van der Waals surface area (Å²) < 4.78 is 5.07. The molecule has 0 amide bonds. The highest BCUT2D eigenvalue weighted by atomic mass is 16.5. The van der Waals surface area contributed by atoms with E-state index in [1.807, 2.05) is 0 Å². The van der Waals surface area contributed by atoms with Crippen LogP contribution in [0.3, 0.4) is 0 Å². The van der Waals surface area contributed by atoms with Gasteiger partial charge in [-0.1, -0.05) is 39.0 Å². The number of ether oxygens (including phenoxy) is 1. The Kier molecular flexibility index (Phi) is 19.1. The van der Waals surface area contributed by atoms with E-state index in [1.165, 1.54) is 64.2 Å². The molecule has 0 aromatic rings. The standard InChI is InChI=1S/C7H14O.C5H10O.C5H10.C4H9NO.C4H11NO/c1-6-2-4-7(8)5-3-6;1-2-4-6-5-3-1;1-2-4-5-3-1;5-3-1-4(6)2-3;1-4(2,5)3-6/h6-8H,2-5H2,1H3;1-5H2;1-5H2;3-4,6H,1-2,5H2;6H,3,5H2,1-2H3. The summed E-state index contributed by atoms with van der Waals surface area (Å²) in [4.78, 5) is 0. The molecule has 1 saturated heterocycles. The normalized spacial score (nSPS) is 29.8. The van der Waals surface area contributed by atoms with Crippen LogP contribution in [0.4, 0.5) is 0 Å². The van der Waals surface area contributed by atoms with Gasteiger partial charge in [-0.25, -0.2) is 0 Å². The molecule has 4 aliphatic rings. The molecule has 1 aliphatic heterocycles. The molecule has 0 atom stereocenters. The van der Waals surface area contributed by atoms with Crippen LogP contribution in [0.25, 0.3) is 0 Å². The molecule has 6 nitrogen and oxygen atoms in total. The Morgan fingerprint density at radius 2 is 1.16 bits per heavy atom. The average Bonchev–Trinajstić information content (AvgIpc) is 3.32. The molecule has 0 unspecified atom stereocenters. The van der Waals surface area contributed by atoms with Crippen LogP contribution < -0.4 is 11.5 Å². The molecule has 4 rings (SSSR count). The number of hydrogen-bond acceptors (Lipinski definition) is 6. The predicted octanol–water partition coefficient (Wildman–Crippen LogP) is 3.88. The summed E-state index contributed by atoms with van der Waals surface area (Å²) in [6.07, 6.45) is 17.5. The predicted molar refractivity (Wildman–Crippen MR) is 130 cm³/mol. The van der Waals surface area contributed by atoms with Gasteiger partial charge in [-0.05, 0) is 77.6 Å². The number of aliphatic hydroxyl groups is 3. The fourth-order valence-corrected chi connectivity index (χ4v) is 3.44. The molecule has 0 spiro atoms. The summed E-state index contributed by atoms with van der Waals surface area (Å²) in [5.74, 6) is 0.860. The van der Waals surface area contributed by atoms with Crippen LogP contribution in [-0.2, 0) is 4.74 Å². The van der Waals surface area contributed by atoms with Crippen molar-refractivity contribution >= 4 is 0 Å². The van der Waals surface area contributed by atoms with Crippen LogP contribution in [0.1, 0.15) is 111 Å². The maximum atomic E-state index is 9.03. The second-order valence-electron chi connectivity index (χ2n) is 10.4. The van der Waals surface area contributed by atoms with E-state index in [4.69, 9.17) is 31.5 Å². The molecule has 7 N–H and O–H groups in total. The first-order valence-electron chi connectivity index (χ1n) is 12.7. The van der Waals surface area contributed by atoms with E-state index in [2.05, 4.69) is 6.92 Å². The molecule has 0 aromatic heterocycles. The van der Waals surface area contributed by atoms with Crippen LogP contribution >= 0.6 is 0 Å². The third kappa shape index (κ3) is 22.7. The third-order valence-electron chi connectivity index (χ3n) is 5.87. The summed E-state index contributed by atoms with van der Waals surface area (Å²) in [5.41, 5.74) is 10.2. The minimum atomic E-state index is -0.403. The molecule has 3 saturated carbocycles. The van der Waals surface area contributed by atoms with Gasteiger partial charge in [0.15, 0.2) is 0 Å². The van der Waals surface area contributed by atoms with Crippen LogP contribution in [-0.4, -0.2) is 58.9 Å². The van der Waals surface area contributed by atoms with Crippen LogP contribution in [0.5, 0.6) is 0 Å². The monoisotopic (exact) mass is 446 g/mol. The zero-order chi connectivity index (χ0) is 23.5. The van der Waals surface area contributed by atoms with Crippen molar-refractivity contribution in [3.8, 4) is 0 Å². The van der Waals surface area contributed by atoms with Crippen molar-refractivity contribution in [2.24, 2.45) is 17.4 Å². The Labute approximate surface area is 192 Å². The summed E-state index contributed by atoms with van der Waals surface area (Å²) >= 11 is 0. The number of rotatable bonds is 1. The third-order valence-corrected chi connectivity index (χ3v) is 5.87. The number of aliphatic hydroxyl groups excluding tert-OH is 3. The summed E-state index contributed by atoms with van der Waals surface area (Å²) in [6.45, 7) is 7.85. The van der Waals surface area contributed by atoms with Gasteiger partial charge in [0.2, 0.25) is 0 Å². The molecule has 4 fully saturated rings. The quantitative estimate of drug-likeness (QED) is 0.417. The Morgan fingerprint density at radius 3 is 1.32 bits per heavy atom. The molecule has 3 aliphatic carbocycles. The van der Waals surface area contributed by atoms with E-state index in [1.54, 1.807) is 13.8 Å². The van der Waals surface area contributed by atoms with Gasteiger partial charge in [0, 0.05) is 24.8 Å². The lowest BCUT2D eigenvalue weighted by Crippen LogP contribution is -2.39. The van der Waals surface area contributed by atoms with E-state index < -0.39 is 5.54 Å². The number of nitrogens with two attached hydrogens (primary N) is 2. The highest BCUT2D eigenvalue weighted by Crippen LogP contribution is 2.22. The van der Waals surface area contributed by atoms with Gasteiger partial charge in [0.1, 0.15) is 0 Å². The molecule has 31 heavy (non-hydrogen) atoms. The van der Waals surface area contributed by atoms with Gasteiger partial charge < -0.3 is 31.5 Å². The molecular weight excluding hydrogens is 392 g/mol. The fraction of sp³-hybridized carbons (Fsp3) is 1.00. The zero-order valence-electron chi connectivity index (χ0n) is 20.7. The lowest BCUT2D eigenvalue weighted by Gasteiger charge is -2.26. The minimum absolute atomic E-state index is 0.0196. The Hall–Kier alpha value is -0.240. The summed E-state index contributed by atoms with van der Waals surface area (Å²) in [7, 11) is 0. The van der Waals surface area contributed by atoms with Crippen molar-refractivity contribution in [2.75, 3.05) is 19.8 Å². The van der Waals surface area contributed by atoms with E-state index >= 15 is 0 Å². The first kappa shape index (κ1) is 30.8. The lowest BCUT2D eigenvalue weighted by atomic mass is 9.89. The highest BCUT2D eigenvalue weighted by molar-refractivity contribution is 4.80. The molecule has 0 aromatic carbocycles. The molecule has 188 valence electrons. The summed E-state index contributed by atoms with van der Waals surface area (Å²) in [5, 5.41) is 25.8. The van der Waals surface area contributed by atoms with Crippen molar-refractivity contribution in [3.63, 3.8) is 0 Å². The molecular formula is C25H54N2O4. The van der Waals surface area contributed by atoms with Gasteiger partial charge in [-0.15, -0.1) is 0 Å². The largest absolute Gasteiger partial charge is 0.394 e. The maximum Gasteiger partial charge on any atom is 0.0605 e. The molecule has 0 radical (unpaired) electrons. The van der Waals surface area contributed by atoms with E-state index in [0.717, 1.165) is 44.8 Å². The van der Waals surface area contributed by atoms with Gasteiger partial charge in [0.25, 0.3) is 0 Å². The Bertz CT molecular complexity index is 333. The lowest BCUT2D eigenvalue weighted by molar-refractivity contribution is 0.0770. The van der Waals surface area contributed by atoms with Crippen LogP contribution in [0.15, 0.2) is 0 Å². The zero-order valence-corrected chi connectivity index (χ0v) is 20.7. The molecule has 0 bridgehead atoms. The van der Waals surface area contributed by atoms with Crippen molar-refractivity contribution in [3.05, 3.63) is 0 Å². The fourth-order valence-electron chi connectivity index (χ4n) is 3.44. The molecule has 6 heteroatoms. The van der Waals surface area contributed by atoms with Crippen molar-refractivity contribution in [1.29, 1.82) is 0 Å². The first-order valence-corrected chi connectivity index (χ1v) is 12.7. The van der Waals surface area contributed by atoms with E-state index in [-0.39, 0.29) is 18.8 Å². The molecule has 1 heterocycles.